The van der Waals surface area contributed by atoms with E-state index in [1.54, 1.807) is 7.11 Å². The first-order valence-electron chi connectivity index (χ1n) is 12.8. The molecule has 0 spiro atoms. The van der Waals surface area contributed by atoms with Gasteiger partial charge in [0.1, 0.15) is 5.60 Å². The van der Waals surface area contributed by atoms with Crippen molar-refractivity contribution < 1.29 is 19.1 Å². The third-order valence-corrected chi connectivity index (χ3v) is 6.78. The van der Waals surface area contributed by atoms with E-state index in [2.05, 4.69) is 15.5 Å². The van der Waals surface area contributed by atoms with E-state index in [-0.39, 0.29) is 11.9 Å². The molecule has 34 heavy (non-hydrogen) atoms. The van der Waals surface area contributed by atoms with Gasteiger partial charge in [-0.15, -0.1) is 0 Å². The molecule has 1 aromatic rings. The van der Waals surface area contributed by atoms with Crippen molar-refractivity contribution >= 4 is 12.0 Å². The normalized spacial score (nSPS) is 23.8. The lowest BCUT2D eigenvalue weighted by molar-refractivity contribution is 0.0523. The van der Waals surface area contributed by atoms with Crippen LogP contribution in [-0.4, -0.2) is 61.9 Å². The second-order valence-electron chi connectivity index (χ2n) is 10.9. The molecule has 2 aliphatic rings. The van der Waals surface area contributed by atoms with Gasteiger partial charge in [-0.3, -0.25) is 4.79 Å². The molecule has 1 saturated heterocycles. The maximum Gasteiger partial charge on any atom is 0.407 e. The predicted octanol–water partition coefficient (Wildman–Crippen LogP) is 4.36. The highest BCUT2D eigenvalue weighted by molar-refractivity contribution is 5.94. The summed E-state index contributed by atoms with van der Waals surface area (Å²) in [7, 11) is 1.79. The maximum atomic E-state index is 13.0. The summed E-state index contributed by atoms with van der Waals surface area (Å²) in [5.41, 5.74) is 1.06. The number of rotatable bonds is 8. The molecule has 3 atom stereocenters. The van der Waals surface area contributed by atoms with Crippen LogP contribution in [0.3, 0.4) is 0 Å². The molecule has 1 saturated carbocycles. The van der Waals surface area contributed by atoms with Gasteiger partial charge in [0.05, 0.1) is 6.61 Å². The predicted molar refractivity (Wildman–Crippen MR) is 134 cm³/mol. The lowest BCUT2D eigenvalue weighted by atomic mass is 9.83. The molecular weight excluding hydrogens is 430 g/mol. The van der Waals surface area contributed by atoms with Crippen LogP contribution in [0.15, 0.2) is 24.3 Å². The van der Waals surface area contributed by atoms with Gasteiger partial charge in [-0.25, -0.2) is 4.79 Å². The summed E-state index contributed by atoms with van der Waals surface area (Å²) in [6, 6.07) is 7.65. The molecule has 0 unspecified atom stereocenters. The zero-order chi connectivity index (χ0) is 24.6. The number of hydrogen-bond acceptors (Lipinski definition) is 5. The van der Waals surface area contributed by atoms with E-state index >= 15 is 0 Å². The number of alkyl carbamates (subject to hydrolysis) is 1. The van der Waals surface area contributed by atoms with Crippen LogP contribution in [0.4, 0.5) is 4.79 Å². The quantitative estimate of drug-likeness (QED) is 0.587. The number of benzene rings is 1. The fourth-order valence-corrected chi connectivity index (χ4v) is 5.15. The Hall–Kier alpha value is -2.12. The van der Waals surface area contributed by atoms with Crippen LogP contribution in [-0.2, 0) is 16.0 Å². The van der Waals surface area contributed by atoms with Gasteiger partial charge >= 0.3 is 6.09 Å². The van der Waals surface area contributed by atoms with Crippen LogP contribution in [0.5, 0.6) is 0 Å². The van der Waals surface area contributed by atoms with Crippen molar-refractivity contribution in [1.82, 2.24) is 15.5 Å². The van der Waals surface area contributed by atoms with E-state index in [1.807, 2.05) is 45.0 Å². The Bertz CT molecular complexity index is 788. The number of ether oxygens (including phenoxy) is 2. The van der Waals surface area contributed by atoms with Gasteiger partial charge in [0, 0.05) is 38.3 Å². The number of piperidine rings is 1. The third kappa shape index (κ3) is 8.58. The fourth-order valence-electron chi connectivity index (χ4n) is 5.15. The van der Waals surface area contributed by atoms with Crippen LogP contribution in [0, 0.1) is 11.8 Å². The highest BCUT2D eigenvalue weighted by Crippen LogP contribution is 2.27. The summed E-state index contributed by atoms with van der Waals surface area (Å²) in [5, 5.41) is 6.08. The average molecular weight is 474 g/mol. The minimum Gasteiger partial charge on any atom is -0.444 e. The topological polar surface area (TPSA) is 79.9 Å². The number of nitrogens with one attached hydrogen (secondary N) is 2. The van der Waals surface area contributed by atoms with Crippen molar-refractivity contribution in [2.45, 2.75) is 77.5 Å². The Morgan fingerprint density at radius 2 is 1.79 bits per heavy atom. The summed E-state index contributed by atoms with van der Waals surface area (Å²) in [6.07, 6.45) is 6.66. The molecule has 7 heteroatoms. The zero-order valence-corrected chi connectivity index (χ0v) is 21.4. The second kappa shape index (κ2) is 12.5. The lowest BCUT2D eigenvalue weighted by Gasteiger charge is -2.39. The first kappa shape index (κ1) is 26.5. The van der Waals surface area contributed by atoms with Gasteiger partial charge in [0.15, 0.2) is 0 Å². The van der Waals surface area contributed by atoms with Crippen molar-refractivity contribution in [3.63, 3.8) is 0 Å². The molecule has 1 heterocycles. The van der Waals surface area contributed by atoms with Crippen LogP contribution >= 0.6 is 0 Å². The Kier molecular flexibility index (Phi) is 9.77. The summed E-state index contributed by atoms with van der Waals surface area (Å²) in [6.45, 7) is 10.0. The molecule has 1 aliphatic carbocycles. The van der Waals surface area contributed by atoms with Crippen LogP contribution < -0.4 is 10.6 Å². The number of likely N-dealkylation sites (tertiary alicyclic amines) is 1. The van der Waals surface area contributed by atoms with E-state index in [0.29, 0.717) is 23.9 Å². The van der Waals surface area contributed by atoms with Crippen molar-refractivity contribution in [2.24, 2.45) is 11.8 Å². The van der Waals surface area contributed by atoms with Crippen LogP contribution in [0.25, 0.3) is 0 Å². The van der Waals surface area contributed by atoms with E-state index in [0.717, 1.165) is 38.2 Å². The molecule has 3 rings (SSSR count). The smallest absolute Gasteiger partial charge is 0.407 e. The Morgan fingerprint density at radius 3 is 2.50 bits per heavy atom. The number of carbonyl (C=O) groups excluding carboxylic acids is 2. The molecule has 1 aliphatic heterocycles. The van der Waals surface area contributed by atoms with Crippen LogP contribution in [0.2, 0.25) is 0 Å². The molecule has 0 radical (unpaired) electrons. The number of carbonyl (C=O) groups is 2. The number of methoxy groups -OCH3 is 1. The highest BCUT2D eigenvalue weighted by atomic mass is 16.6. The maximum absolute atomic E-state index is 13.0. The van der Waals surface area contributed by atoms with E-state index in [4.69, 9.17) is 9.47 Å². The highest BCUT2D eigenvalue weighted by Gasteiger charge is 2.30. The van der Waals surface area contributed by atoms with E-state index in [9.17, 15) is 9.59 Å². The average Bonchev–Trinajstić information content (AvgIpc) is 2.79. The standard InChI is InChI=1S/C27H43N3O4/c1-27(2,3)34-26(32)28-16-20-11-13-22(14-12-20)25(31)29-24-10-6-5-9-23(24)18-30-15-7-8-21(17-30)19-33-4/h11-14,21,23-24H,5-10,15-19H2,1-4H3,(H,28,32)(H,29,31)/t21-,23-,24+/m1/s1. The van der Waals surface area contributed by atoms with Gasteiger partial charge < -0.3 is 25.0 Å². The Morgan fingerprint density at radius 1 is 1.06 bits per heavy atom. The Balaban J connectivity index is 1.50. The molecule has 190 valence electrons. The van der Waals surface area contributed by atoms with Gasteiger partial charge in [0.25, 0.3) is 5.91 Å². The first-order valence-corrected chi connectivity index (χ1v) is 12.8. The van der Waals surface area contributed by atoms with E-state index in [1.165, 1.54) is 32.1 Å². The molecule has 2 amide bonds. The lowest BCUT2D eigenvalue weighted by Crippen LogP contribution is -2.48. The van der Waals surface area contributed by atoms with Gasteiger partial charge in [-0.1, -0.05) is 25.0 Å². The second-order valence-corrected chi connectivity index (χ2v) is 10.9. The monoisotopic (exact) mass is 473 g/mol. The number of nitrogens with zero attached hydrogens (tertiary/aromatic N) is 1. The van der Waals surface area contributed by atoms with Crippen molar-refractivity contribution in [2.75, 3.05) is 33.4 Å². The van der Waals surface area contributed by atoms with Crippen molar-refractivity contribution in [1.29, 1.82) is 0 Å². The SMILES string of the molecule is COC[C@@H]1CCCN(C[C@H]2CCCC[C@@H]2NC(=O)c2ccc(CNC(=O)OC(C)(C)C)cc2)C1. The molecule has 2 N–H and O–H groups in total. The number of amides is 2. The van der Waals surface area contributed by atoms with E-state index < -0.39 is 11.7 Å². The minimum atomic E-state index is -0.525. The molecule has 0 aromatic heterocycles. The van der Waals surface area contributed by atoms with Crippen LogP contribution in [0.1, 0.15) is 75.2 Å². The molecule has 1 aromatic carbocycles. The summed E-state index contributed by atoms with van der Waals surface area (Å²) >= 11 is 0. The van der Waals surface area contributed by atoms with Gasteiger partial charge in [-0.05, 0) is 82.5 Å². The minimum absolute atomic E-state index is 0.0144. The molecule has 7 nitrogen and oxygen atoms in total. The largest absolute Gasteiger partial charge is 0.444 e. The third-order valence-electron chi connectivity index (χ3n) is 6.78. The molecular formula is C27H43N3O4. The van der Waals surface area contributed by atoms with Crippen molar-refractivity contribution in [3.8, 4) is 0 Å². The Labute approximate surface area is 204 Å². The first-order chi connectivity index (χ1) is 16.2. The van der Waals surface area contributed by atoms with Gasteiger partial charge in [-0.2, -0.15) is 0 Å². The number of hydrogen-bond donors (Lipinski definition) is 2. The molecule has 2 fully saturated rings. The summed E-state index contributed by atoms with van der Waals surface area (Å²) in [5.74, 6) is 1.11. The summed E-state index contributed by atoms with van der Waals surface area (Å²) < 4.78 is 10.7. The van der Waals surface area contributed by atoms with Crippen molar-refractivity contribution in [3.05, 3.63) is 35.4 Å². The molecule has 0 bridgehead atoms. The summed E-state index contributed by atoms with van der Waals surface area (Å²) in [4.78, 5) is 27.4. The zero-order valence-electron chi connectivity index (χ0n) is 21.4. The van der Waals surface area contributed by atoms with Gasteiger partial charge in [0.2, 0.25) is 0 Å². The fraction of sp³-hybridized carbons (Fsp3) is 0.704.